The number of hydrogen-bond donors (Lipinski definition) is 1. The van der Waals surface area contributed by atoms with Crippen LogP contribution in [-0.2, 0) is 16.1 Å². The fraction of sp³-hybridized carbons (Fsp3) is 0.471. The van der Waals surface area contributed by atoms with Gasteiger partial charge in [-0.15, -0.1) is 0 Å². The van der Waals surface area contributed by atoms with Crippen LogP contribution in [0.25, 0.3) is 0 Å². The molecular weight excluding hydrogens is 252 g/mol. The molecule has 0 amide bonds. The van der Waals surface area contributed by atoms with Crippen molar-refractivity contribution in [3.8, 4) is 0 Å². The Kier molecular flexibility index (Phi) is 7.20. The first kappa shape index (κ1) is 16.6. The highest BCUT2D eigenvalue weighted by atomic mass is 16.5. The monoisotopic (exact) mass is 276 g/mol. The topological polar surface area (TPSA) is 46.5 Å². The van der Waals surface area contributed by atoms with Crippen molar-refractivity contribution in [2.45, 2.75) is 39.9 Å². The van der Waals surface area contributed by atoms with Crippen LogP contribution < -0.4 is 0 Å². The number of rotatable bonds is 8. The minimum Gasteiger partial charge on any atom is -0.389 e. The standard InChI is InChI=1S/C17H24O3/c1-13(2)9-16(18)10-17(19)14(3)11-20-12-15-7-5-4-6-8-15/h4-9,14,16,18H,10-12H2,1-3H3/t14-,16-/m1/s1. The molecule has 1 aromatic carbocycles. The van der Waals surface area contributed by atoms with Crippen molar-refractivity contribution < 1.29 is 14.6 Å². The summed E-state index contributed by atoms with van der Waals surface area (Å²) in [6, 6.07) is 9.86. The van der Waals surface area contributed by atoms with Crippen LogP contribution in [0.5, 0.6) is 0 Å². The molecule has 0 radical (unpaired) electrons. The Morgan fingerprint density at radius 3 is 2.55 bits per heavy atom. The Bertz CT molecular complexity index is 433. The molecule has 20 heavy (non-hydrogen) atoms. The van der Waals surface area contributed by atoms with Crippen molar-refractivity contribution in [3.63, 3.8) is 0 Å². The zero-order valence-electron chi connectivity index (χ0n) is 12.5. The molecule has 0 saturated heterocycles. The third-order valence-electron chi connectivity index (χ3n) is 2.97. The maximum Gasteiger partial charge on any atom is 0.140 e. The minimum atomic E-state index is -0.691. The number of hydrogen-bond acceptors (Lipinski definition) is 3. The lowest BCUT2D eigenvalue weighted by molar-refractivity contribution is -0.125. The van der Waals surface area contributed by atoms with Gasteiger partial charge < -0.3 is 9.84 Å². The number of aliphatic hydroxyl groups excluding tert-OH is 1. The highest BCUT2D eigenvalue weighted by Gasteiger charge is 2.16. The molecule has 0 aliphatic carbocycles. The number of aliphatic hydroxyl groups is 1. The van der Waals surface area contributed by atoms with Crippen LogP contribution in [0.1, 0.15) is 32.8 Å². The van der Waals surface area contributed by atoms with Gasteiger partial charge in [0.05, 0.1) is 19.3 Å². The highest BCUT2D eigenvalue weighted by Crippen LogP contribution is 2.09. The molecule has 1 N–H and O–H groups in total. The summed E-state index contributed by atoms with van der Waals surface area (Å²) in [6.07, 6.45) is 1.17. The molecule has 0 fully saturated rings. The molecule has 110 valence electrons. The molecule has 3 nitrogen and oxygen atoms in total. The molecule has 0 spiro atoms. The lowest BCUT2D eigenvalue weighted by atomic mass is 10.0. The number of ether oxygens (including phenoxy) is 1. The van der Waals surface area contributed by atoms with Crippen LogP contribution >= 0.6 is 0 Å². The van der Waals surface area contributed by atoms with E-state index in [1.807, 2.05) is 51.1 Å². The van der Waals surface area contributed by atoms with E-state index in [4.69, 9.17) is 4.74 Å². The van der Waals surface area contributed by atoms with Crippen LogP contribution in [0, 0.1) is 5.92 Å². The molecule has 3 heteroatoms. The van der Waals surface area contributed by atoms with E-state index in [-0.39, 0.29) is 18.1 Å². The zero-order valence-corrected chi connectivity index (χ0v) is 12.5. The van der Waals surface area contributed by atoms with Crippen molar-refractivity contribution in [2.24, 2.45) is 5.92 Å². The van der Waals surface area contributed by atoms with E-state index in [9.17, 15) is 9.90 Å². The van der Waals surface area contributed by atoms with Crippen LogP contribution in [0.2, 0.25) is 0 Å². The van der Waals surface area contributed by atoms with Crippen molar-refractivity contribution in [1.29, 1.82) is 0 Å². The first-order chi connectivity index (χ1) is 9.49. The van der Waals surface area contributed by atoms with Crippen molar-refractivity contribution >= 4 is 5.78 Å². The Morgan fingerprint density at radius 1 is 1.30 bits per heavy atom. The van der Waals surface area contributed by atoms with E-state index in [2.05, 4.69) is 0 Å². The van der Waals surface area contributed by atoms with Gasteiger partial charge in [0.1, 0.15) is 5.78 Å². The summed E-state index contributed by atoms with van der Waals surface area (Å²) in [5.74, 6) is -0.165. The average Bonchev–Trinajstić information content (AvgIpc) is 2.38. The fourth-order valence-electron chi connectivity index (χ4n) is 1.87. The van der Waals surface area contributed by atoms with Crippen LogP contribution in [-0.4, -0.2) is 23.6 Å². The molecular formula is C17H24O3. The third kappa shape index (κ3) is 6.64. The molecule has 0 aromatic heterocycles. The van der Waals surface area contributed by atoms with Crippen molar-refractivity contribution in [2.75, 3.05) is 6.61 Å². The third-order valence-corrected chi connectivity index (χ3v) is 2.97. The minimum absolute atomic E-state index is 0.0306. The lowest BCUT2D eigenvalue weighted by Gasteiger charge is -2.13. The molecule has 0 saturated carbocycles. The maximum atomic E-state index is 11.9. The van der Waals surface area contributed by atoms with E-state index in [0.717, 1.165) is 11.1 Å². The Morgan fingerprint density at radius 2 is 1.95 bits per heavy atom. The predicted octanol–water partition coefficient (Wildman–Crippen LogP) is 3.13. The maximum absolute atomic E-state index is 11.9. The van der Waals surface area contributed by atoms with Gasteiger partial charge >= 0.3 is 0 Å². The van der Waals surface area contributed by atoms with Gasteiger partial charge in [0.25, 0.3) is 0 Å². The smallest absolute Gasteiger partial charge is 0.140 e. The summed E-state index contributed by atoms with van der Waals surface area (Å²) in [5, 5.41) is 9.70. The van der Waals surface area contributed by atoms with Crippen molar-refractivity contribution in [3.05, 3.63) is 47.5 Å². The van der Waals surface area contributed by atoms with Crippen LogP contribution in [0.3, 0.4) is 0 Å². The Labute approximate surface area is 121 Å². The summed E-state index contributed by atoms with van der Waals surface area (Å²) in [7, 11) is 0. The molecule has 0 aliphatic heterocycles. The second-order valence-corrected chi connectivity index (χ2v) is 5.38. The summed E-state index contributed by atoms with van der Waals surface area (Å²) >= 11 is 0. The van der Waals surface area contributed by atoms with E-state index < -0.39 is 6.10 Å². The van der Waals surface area contributed by atoms with Crippen molar-refractivity contribution in [1.82, 2.24) is 0 Å². The largest absolute Gasteiger partial charge is 0.389 e. The van der Waals surface area contributed by atoms with Gasteiger partial charge in [-0.2, -0.15) is 0 Å². The van der Waals surface area contributed by atoms with E-state index in [0.29, 0.717) is 13.2 Å². The van der Waals surface area contributed by atoms with Gasteiger partial charge in [-0.25, -0.2) is 0 Å². The van der Waals surface area contributed by atoms with Crippen LogP contribution in [0.4, 0.5) is 0 Å². The lowest BCUT2D eigenvalue weighted by Crippen LogP contribution is -2.21. The summed E-state index contributed by atoms with van der Waals surface area (Å²) in [4.78, 5) is 11.9. The zero-order chi connectivity index (χ0) is 15.0. The molecule has 1 rings (SSSR count). The molecule has 2 atom stereocenters. The molecule has 0 unspecified atom stereocenters. The predicted molar refractivity (Wildman–Crippen MR) is 80.3 cm³/mol. The number of Topliss-reactive ketones (excluding diaryl/α,β-unsaturated/α-hetero) is 1. The number of benzene rings is 1. The van der Waals surface area contributed by atoms with Gasteiger partial charge in [0.15, 0.2) is 0 Å². The van der Waals surface area contributed by atoms with Gasteiger partial charge in [-0.3, -0.25) is 4.79 Å². The van der Waals surface area contributed by atoms with E-state index in [1.54, 1.807) is 6.08 Å². The fourth-order valence-corrected chi connectivity index (χ4v) is 1.87. The Hall–Kier alpha value is -1.45. The van der Waals surface area contributed by atoms with E-state index in [1.165, 1.54) is 0 Å². The van der Waals surface area contributed by atoms with Gasteiger partial charge in [0, 0.05) is 12.3 Å². The number of carbonyl (C=O) groups is 1. The Balaban J connectivity index is 2.30. The summed E-state index contributed by atoms with van der Waals surface area (Å²) in [5.41, 5.74) is 2.11. The molecule has 0 aliphatic rings. The quantitative estimate of drug-likeness (QED) is 0.742. The number of carbonyl (C=O) groups excluding carboxylic acids is 1. The second-order valence-electron chi connectivity index (χ2n) is 5.38. The first-order valence-electron chi connectivity index (χ1n) is 6.96. The number of ketones is 1. The second kappa shape index (κ2) is 8.67. The highest BCUT2D eigenvalue weighted by molar-refractivity contribution is 5.81. The van der Waals surface area contributed by atoms with E-state index >= 15 is 0 Å². The molecule has 1 aromatic rings. The number of allylic oxidation sites excluding steroid dienone is 1. The normalized spacial score (nSPS) is 13.6. The first-order valence-corrected chi connectivity index (χ1v) is 6.96. The summed E-state index contributed by atoms with van der Waals surface area (Å²) in [6.45, 7) is 6.53. The molecule has 0 heterocycles. The van der Waals surface area contributed by atoms with Gasteiger partial charge in [0.2, 0.25) is 0 Å². The summed E-state index contributed by atoms with van der Waals surface area (Å²) < 4.78 is 5.55. The molecule has 0 bridgehead atoms. The SMILES string of the molecule is CC(C)=C[C@@H](O)CC(=O)[C@H](C)COCc1ccccc1. The van der Waals surface area contributed by atoms with Crippen LogP contribution in [0.15, 0.2) is 42.0 Å². The average molecular weight is 276 g/mol. The van der Waals surface area contributed by atoms with Gasteiger partial charge in [-0.05, 0) is 19.4 Å². The van der Waals surface area contributed by atoms with Gasteiger partial charge in [-0.1, -0.05) is 48.9 Å².